The molecule has 3 aromatic carbocycles. The van der Waals surface area contributed by atoms with Crippen LogP contribution in [-0.4, -0.2) is 26.6 Å². The molecule has 7 nitrogen and oxygen atoms in total. The minimum absolute atomic E-state index is 0.124. The number of aliphatic carboxylic acids is 1. The third-order valence-electron chi connectivity index (χ3n) is 7.07. The second kappa shape index (κ2) is 15.1. The molecule has 1 aromatic heterocycles. The molecule has 0 fully saturated rings. The number of hydrogen-bond acceptors (Lipinski definition) is 5. The fourth-order valence-electron chi connectivity index (χ4n) is 4.83. The van der Waals surface area contributed by atoms with Crippen molar-refractivity contribution in [2.45, 2.75) is 66.6 Å². The first-order chi connectivity index (χ1) is 20.7. The molecule has 8 heteroatoms. The molecule has 1 atom stereocenters. The Labute approximate surface area is 253 Å². The topological polar surface area (TPSA) is 85.9 Å². The maximum Gasteiger partial charge on any atom is 0.312 e. The van der Waals surface area contributed by atoms with Crippen LogP contribution in [0.1, 0.15) is 62.2 Å². The van der Waals surface area contributed by atoms with E-state index < -0.39 is 11.9 Å². The molecule has 0 aliphatic heterocycles. The second-order valence-electron chi connectivity index (χ2n) is 11.2. The first-order valence-corrected chi connectivity index (χ1v) is 14.7. The van der Waals surface area contributed by atoms with E-state index in [0.717, 1.165) is 47.5 Å². The lowest BCUT2D eigenvalue weighted by molar-refractivity contribution is -0.139. The van der Waals surface area contributed by atoms with Gasteiger partial charge in [-0.15, -0.1) is 0 Å². The van der Waals surface area contributed by atoms with Crippen molar-refractivity contribution in [2.24, 2.45) is 17.0 Å². The fraction of sp³-hybridized carbons (Fsp3) is 0.343. The molecule has 4 rings (SSSR count). The number of halogens is 1. The molecular weight excluding hydrogens is 545 g/mol. The Bertz CT molecular complexity index is 1490. The molecule has 1 N–H and O–H groups in total. The highest BCUT2D eigenvalue weighted by Crippen LogP contribution is 2.20. The highest BCUT2D eigenvalue weighted by atomic mass is 19.1. The number of rotatable bonds is 15. The van der Waals surface area contributed by atoms with Crippen LogP contribution in [0.3, 0.4) is 0 Å². The summed E-state index contributed by atoms with van der Waals surface area (Å²) in [6, 6.07) is 24.0. The maximum absolute atomic E-state index is 13.1. The van der Waals surface area contributed by atoms with Crippen molar-refractivity contribution in [3.63, 3.8) is 0 Å². The highest BCUT2D eigenvalue weighted by molar-refractivity contribution is 6.00. The summed E-state index contributed by atoms with van der Waals surface area (Å²) in [6.07, 6.45) is 3.24. The number of aromatic nitrogens is 2. The van der Waals surface area contributed by atoms with Gasteiger partial charge < -0.3 is 14.7 Å². The molecule has 1 heterocycles. The van der Waals surface area contributed by atoms with Gasteiger partial charge in [0.25, 0.3) is 0 Å². The predicted molar refractivity (Wildman–Crippen MR) is 166 cm³/mol. The SMILES string of the molecule is CCCc1cc(COc2ccc(CC(C(=O)O)/C(C)=N/OCc3ccc(F)cc3)cc2)nn1-c1ccc(CC(C)C)cc1. The number of oxime groups is 1. The summed E-state index contributed by atoms with van der Waals surface area (Å²) in [5, 5.41) is 18.6. The Morgan fingerprint density at radius 3 is 2.19 bits per heavy atom. The molecule has 0 saturated heterocycles. The molecule has 226 valence electrons. The van der Waals surface area contributed by atoms with Gasteiger partial charge in [0.05, 0.1) is 11.4 Å². The smallest absolute Gasteiger partial charge is 0.312 e. The Morgan fingerprint density at radius 1 is 0.930 bits per heavy atom. The van der Waals surface area contributed by atoms with Crippen LogP contribution < -0.4 is 4.74 Å². The Kier molecular flexibility index (Phi) is 11.1. The van der Waals surface area contributed by atoms with Crippen molar-refractivity contribution in [3.05, 3.63) is 113 Å². The molecule has 0 bridgehead atoms. The summed E-state index contributed by atoms with van der Waals surface area (Å²) < 4.78 is 21.1. The van der Waals surface area contributed by atoms with Crippen LogP contribution in [0.25, 0.3) is 5.69 Å². The molecule has 0 spiro atoms. The molecule has 43 heavy (non-hydrogen) atoms. The Morgan fingerprint density at radius 2 is 1.56 bits per heavy atom. The van der Waals surface area contributed by atoms with Crippen molar-refractivity contribution in [3.8, 4) is 11.4 Å². The van der Waals surface area contributed by atoms with Crippen LogP contribution in [0.5, 0.6) is 5.75 Å². The molecule has 0 amide bonds. The third kappa shape index (κ3) is 9.26. The summed E-state index contributed by atoms with van der Waals surface area (Å²) >= 11 is 0. The number of carbonyl (C=O) groups is 1. The number of benzene rings is 3. The van der Waals surface area contributed by atoms with E-state index in [-0.39, 0.29) is 18.8 Å². The van der Waals surface area contributed by atoms with Gasteiger partial charge in [-0.1, -0.05) is 68.7 Å². The number of nitrogens with zero attached hydrogens (tertiary/aromatic N) is 3. The normalized spacial score (nSPS) is 12.4. The van der Waals surface area contributed by atoms with E-state index in [0.29, 0.717) is 24.0 Å². The Hall–Kier alpha value is -4.46. The van der Waals surface area contributed by atoms with Crippen LogP contribution in [-0.2, 0) is 42.1 Å². The van der Waals surface area contributed by atoms with Gasteiger partial charge in [-0.3, -0.25) is 4.79 Å². The van der Waals surface area contributed by atoms with Crippen molar-refractivity contribution in [1.29, 1.82) is 0 Å². The zero-order chi connectivity index (χ0) is 30.8. The number of carboxylic acids is 1. The van der Waals surface area contributed by atoms with E-state index in [9.17, 15) is 14.3 Å². The van der Waals surface area contributed by atoms with Crippen LogP contribution in [0.4, 0.5) is 4.39 Å². The van der Waals surface area contributed by atoms with E-state index >= 15 is 0 Å². The lowest BCUT2D eigenvalue weighted by Crippen LogP contribution is -2.24. The molecule has 0 aliphatic rings. The summed E-state index contributed by atoms with van der Waals surface area (Å²) in [5.74, 6) is -0.879. The average molecular weight is 586 g/mol. The second-order valence-corrected chi connectivity index (χ2v) is 11.2. The quantitative estimate of drug-likeness (QED) is 0.115. The van der Waals surface area contributed by atoms with Gasteiger partial charge >= 0.3 is 5.97 Å². The standard InChI is InChI=1S/C35H40FN3O4/c1-5-6-32-21-30(37-39(32)31-15-9-26(10-16-31)19-24(2)3)23-42-33-17-11-27(12-18-33)20-34(35(40)41)25(4)38-43-22-28-7-13-29(36)14-8-28/h7-18,21,24,34H,5-6,19-20,22-23H2,1-4H3,(H,40,41)/b38-25+. The van der Waals surface area contributed by atoms with Crippen LogP contribution in [0.2, 0.25) is 0 Å². The molecular formula is C35H40FN3O4. The third-order valence-corrected chi connectivity index (χ3v) is 7.07. The van der Waals surface area contributed by atoms with E-state index in [2.05, 4.69) is 56.3 Å². The number of ether oxygens (including phenoxy) is 1. The zero-order valence-electron chi connectivity index (χ0n) is 25.3. The van der Waals surface area contributed by atoms with Crippen molar-refractivity contribution >= 4 is 11.7 Å². The van der Waals surface area contributed by atoms with E-state index in [1.54, 1.807) is 19.1 Å². The Balaban J connectivity index is 1.35. The van der Waals surface area contributed by atoms with Gasteiger partial charge in [0.15, 0.2) is 0 Å². The maximum atomic E-state index is 13.1. The lowest BCUT2D eigenvalue weighted by atomic mass is 9.95. The summed E-state index contributed by atoms with van der Waals surface area (Å²) in [4.78, 5) is 17.3. The van der Waals surface area contributed by atoms with Gasteiger partial charge in [-0.25, -0.2) is 9.07 Å². The van der Waals surface area contributed by atoms with Gasteiger partial charge in [0, 0.05) is 5.69 Å². The van der Waals surface area contributed by atoms with Gasteiger partial charge in [0.2, 0.25) is 0 Å². The highest BCUT2D eigenvalue weighted by Gasteiger charge is 2.22. The first kappa shape index (κ1) is 31.5. The van der Waals surface area contributed by atoms with Crippen molar-refractivity contribution in [2.75, 3.05) is 0 Å². The minimum atomic E-state index is -0.986. The minimum Gasteiger partial charge on any atom is -0.487 e. The molecule has 1 unspecified atom stereocenters. The summed E-state index contributed by atoms with van der Waals surface area (Å²) in [5.41, 5.74) is 6.28. The summed E-state index contributed by atoms with van der Waals surface area (Å²) in [6.45, 7) is 8.68. The van der Waals surface area contributed by atoms with Crippen LogP contribution >= 0.6 is 0 Å². The number of carboxylic acid groups (broad SMARTS) is 1. The van der Waals surface area contributed by atoms with E-state index in [1.807, 2.05) is 28.9 Å². The molecule has 0 saturated carbocycles. The first-order valence-electron chi connectivity index (χ1n) is 14.7. The van der Waals surface area contributed by atoms with Gasteiger partial charge in [0.1, 0.15) is 36.4 Å². The fourth-order valence-corrected chi connectivity index (χ4v) is 4.83. The number of hydrogen-bond donors (Lipinski definition) is 1. The van der Waals surface area contributed by atoms with Gasteiger partial charge in [-0.2, -0.15) is 5.10 Å². The van der Waals surface area contributed by atoms with Gasteiger partial charge in [-0.05, 0) is 91.3 Å². The van der Waals surface area contributed by atoms with Crippen molar-refractivity contribution in [1.82, 2.24) is 9.78 Å². The zero-order valence-corrected chi connectivity index (χ0v) is 25.3. The lowest BCUT2D eigenvalue weighted by Gasteiger charge is -2.13. The monoisotopic (exact) mass is 585 g/mol. The summed E-state index contributed by atoms with van der Waals surface area (Å²) in [7, 11) is 0. The molecule has 0 aliphatic carbocycles. The molecule has 4 aromatic rings. The van der Waals surface area contributed by atoms with Crippen LogP contribution in [0, 0.1) is 17.7 Å². The van der Waals surface area contributed by atoms with Crippen LogP contribution in [0.15, 0.2) is 84.0 Å². The van der Waals surface area contributed by atoms with Crippen molar-refractivity contribution < 1.29 is 23.9 Å². The average Bonchev–Trinajstić information content (AvgIpc) is 3.39. The largest absolute Gasteiger partial charge is 0.487 e. The molecule has 0 radical (unpaired) electrons. The van der Waals surface area contributed by atoms with E-state index in [4.69, 9.17) is 14.7 Å². The number of aryl methyl sites for hydroxylation is 1. The van der Waals surface area contributed by atoms with E-state index in [1.165, 1.54) is 17.7 Å². The predicted octanol–water partition coefficient (Wildman–Crippen LogP) is 7.58.